The standard InChI is InChI=1S/C17H30N2/c1-6-13(2)15-7-9-16(10-8-15)17(4,5)12-19-11-14(3)18/h7-10,13-14,19H,6,11-12,18H2,1-5H3. The maximum absolute atomic E-state index is 5.77. The van der Waals surface area contributed by atoms with Gasteiger partial charge in [0.25, 0.3) is 0 Å². The molecule has 0 aliphatic carbocycles. The van der Waals surface area contributed by atoms with E-state index in [2.05, 4.69) is 57.3 Å². The molecule has 108 valence electrons. The monoisotopic (exact) mass is 262 g/mol. The van der Waals surface area contributed by atoms with E-state index in [-0.39, 0.29) is 11.5 Å². The molecule has 0 aliphatic rings. The quantitative estimate of drug-likeness (QED) is 0.790. The molecule has 2 atom stereocenters. The summed E-state index contributed by atoms with van der Waals surface area (Å²) in [5.74, 6) is 0.647. The second kappa shape index (κ2) is 7.06. The molecule has 0 heterocycles. The number of rotatable bonds is 7. The molecule has 0 aromatic heterocycles. The van der Waals surface area contributed by atoms with Crippen molar-refractivity contribution >= 4 is 0 Å². The lowest BCUT2D eigenvalue weighted by atomic mass is 9.83. The van der Waals surface area contributed by atoms with Crippen LogP contribution in [-0.4, -0.2) is 19.1 Å². The van der Waals surface area contributed by atoms with Crippen LogP contribution in [0, 0.1) is 0 Å². The fraction of sp³-hybridized carbons (Fsp3) is 0.647. The highest BCUT2D eigenvalue weighted by Crippen LogP contribution is 2.25. The van der Waals surface area contributed by atoms with Crippen molar-refractivity contribution in [1.29, 1.82) is 0 Å². The van der Waals surface area contributed by atoms with Gasteiger partial charge in [0.15, 0.2) is 0 Å². The van der Waals surface area contributed by atoms with Gasteiger partial charge in [-0.15, -0.1) is 0 Å². The Morgan fingerprint density at radius 1 is 1.16 bits per heavy atom. The molecule has 1 rings (SSSR count). The highest BCUT2D eigenvalue weighted by atomic mass is 14.9. The van der Waals surface area contributed by atoms with Crippen molar-refractivity contribution in [2.24, 2.45) is 5.73 Å². The van der Waals surface area contributed by atoms with Gasteiger partial charge >= 0.3 is 0 Å². The molecular weight excluding hydrogens is 232 g/mol. The van der Waals surface area contributed by atoms with Crippen LogP contribution in [0.1, 0.15) is 58.1 Å². The van der Waals surface area contributed by atoms with Crippen LogP contribution < -0.4 is 11.1 Å². The van der Waals surface area contributed by atoms with E-state index in [4.69, 9.17) is 5.73 Å². The molecule has 0 saturated carbocycles. The van der Waals surface area contributed by atoms with E-state index in [0.717, 1.165) is 13.1 Å². The normalized spacial score (nSPS) is 15.3. The zero-order valence-electron chi connectivity index (χ0n) is 13.2. The zero-order chi connectivity index (χ0) is 14.5. The van der Waals surface area contributed by atoms with Crippen molar-refractivity contribution in [1.82, 2.24) is 5.32 Å². The zero-order valence-corrected chi connectivity index (χ0v) is 13.2. The Hall–Kier alpha value is -0.860. The second-order valence-electron chi connectivity index (χ2n) is 6.42. The summed E-state index contributed by atoms with van der Waals surface area (Å²) in [5, 5.41) is 3.45. The molecule has 0 amide bonds. The third-order valence-corrected chi connectivity index (χ3v) is 3.91. The van der Waals surface area contributed by atoms with Gasteiger partial charge in [0.1, 0.15) is 0 Å². The fourth-order valence-electron chi connectivity index (χ4n) is 2.21. The summed E-state index contributed by atoms with van der Waals surface area (Å²) in [4.78, 5) is 0. The van der Waals surface area contributed by atoms with Crippen LogP contribution in [0.15, 0.2) is 24.3 Å². The van der Waals surface area contributed by atoms with E-state index in [9.17, 15) is 0 Å². The summed E-state index contributed by atoms with van der Waals surface area (Å²) in [6.07, 6.45) is 1.19. The van der Waals surface area contributed by atoms with Gasteiger partial charge in [-0.05, 0) is 30.4 Å². The van der Waals surface area contributed by atoms with Gasteiger partial charge in [-0.1, -0.05) is 52.0 Å². The summed E-state index contributed by atoms with van der Waals surface area (Å²) in [6.45, 7) is 12.9. The molecule has 1 aromatic carbocycles. The first-order chi connectivity index (χ1) is 8.86. The highest BCUT2D eigenvalue weighted by molar-refractivity contribution is 5.30. The van der Waals surface area contributed by atoms with Crippen LogP contribution in [0.3, 0.4) is 0 Å². The fourth-order valence-corrected chi connectivity index (χ4v) is 2.21. The largest absolute Gasteiger partial charge is 0.327 e. The third-order valence-electron chi connectivity index (χ3n) is 3.91. The molecule has 0 radical (unpaired) electrons. The van der Waals surface area contributed by atoms with E-state index in [1.165, 1.54) is 17.5 Å². The summed E-state index contributed by atoms with van der Waals surface area (Å²) in [5.41, 5.74) is 8.73. The smallest absolute Gasteiger partial charge is 0.0136 e. The Balaban J connectivity index is 2.67. The van der Waals surface area contributed by atoms with Crippen molar-refractivity contribution in [3.63, 3.8) is 0 Å². The number of hydrogen-bond donors (Lipinski definition) is 2. The van der Waals surface area contributed by atoms with Crippen molar-refractivity contribution in [2.45, 2.75) is 58.4 Å². The maximum Gasteiger partial charge on any atom is 0.0136 e. The van der Waals surface area contributed by atoms with Crippen LogP contribution in [-0.2, 0) is 5.41 Å². The minimum atomic E-state index is 0.142. The second-order valence-corrected chi connectivity index (χ2v) is 6.42. The first-order valence-corrected chi connectivity index (χ1v) is 7.43. The molecule has 3 N–H and O–H groups in total. The molecule has 1 aromatic rings. The Kier molecular flexibility index (Phi) is 6.02. The van der Waals surface area contributed by atoms with Crippen molar-refractivity contribution in [2.75, 3.05) is 13.1 Å². The van der Waals surface area contributed by atoms with Gasteiger partial charge in [0.2, 0.25) is 0 Å². The maximum atomic E-state index is 5.77. The summed E-state index contributed by atoms with van der Waals surface area (Å²) >= 11 is 0. The van der Waals surface area contributed by atoms with E-state index >= 15 is 0 Å². The first kappa shape index (κ1) is 16.2. The Morgan fingerprint density at radius 3 is 2.21 bits per heavy atom. The average molecular weight is 262 g/mol. The van der Waals surface area contributed by atoms with Crippen LogP contribution in [0.25, 0.3) is 0 Å². The van der Waals surface area contributed by atoms with Gasteiger partial charge in [-0.3, -0.25) is 0 Å². The Morgan fingerprint density at radius 2 is 1.74 bits per heavy atom. The van der Waals surface area contributed by atoms with Gasteiger partial charge in [0.05, 0.1) is 0 Å². The molecular formula is C17H30N2. The van der Waals surface area contributed by atoms with E-state index in [0.29, 0.717) is 5.92 Å². The molecule has 0 aliphatic heterocycles. The lowest BCUT2D eigenvalue weighted by molar-refractivity contribution is 0.458. The van der Waals surface area contributed by atoms with Crippen molar-refractivity contribution in [3.05, 3.63) is 35.4 Å². The molecule has 0 fully saturated rings. The minimum Gasteiger partial charge on any atom is -0.327 e. The minimum absolute atomic E-state index is 0.142. The molecule has 2 nitrogen and oxygen atoms in total. The summed E-state index contributed by atoms with van der Waals surface area (Å²) in [7, 11) is 0. The Labute approximate surface area is 118 Å². The number of nitrogens with one attached hydrogen (secondary N) is 1. The topological polar surface area (TPSA) is 38.0 Å². The molecule has 0 spiro atoms. The van der Waals surface area contributed by atoms with Crippen molar-refractivity contribution in [3.8, 4) is 0 Å². The van der Waals surface area contributed by atoms with Crippen LogP contribution in [0.2, 0.25) is 0 Å². The Bertz CT molecular complexity index is 365. The van der Waals surface area contributed by atoms with E-state index in [1.807, 2.05) is 6.92 Å². The van der Waals surface area contributed by atoms with Gasteiger partial charge in [-0.2, -0.15) is 0 Å². The van der Waals surface area contributed by atoms with Crippen LogP contribution >= 0.6 is 0 Å². The van der Waals surface area contributed by atoms with Crippen LogP contribution in [0.4, 0.5) is 0 Å². The first-order valence-electron chi connectivity index (χ1n) is 7.43. The van der Waals surface area contributed by atoms with E-state index < -0.39 is 0 Å². The average Bonchev–Trinajstić information content (AvgIpc) is 2.37. The van der Waals surface area contributed by atoms with Crippen molar-refractivity contribution < 1.29 is 0 Å². The summed E-state index contributed by atoms with van der Waals surface area (Å²) in [6, 6.07) is 9.31. The van der Waals surface area contributed by atoms with Gasteiger partial charge in [-0.25, -0.2) is 0 Å². The molecule has 0 saturated heterocycles. The molecule has 0 bridgehead atoms. The molecule has 2 heteroatoms. The predicted octanol–water partition coefficient (Wildman–Crippen LogP) is 3.41. The predicted molar refractivity (Wildman–Crippen MR) is 84.7 cm³/mol. The number of benzene rings is 1. The van der Waals surface area contributed by atoms with Crippen LogP contribution in [0.5, 0.6) is 0 Å². The van der Waals surface area contributed by atoms with E-state index in [1.54, 1.807) is 0 Å². The highest BCUT2D eigenvalue weighted by Gasteiger charge is 2.20. The third kappa shape index (κ3) is 4.96. The SMILES string of the molecule is CCC(C)c1ccc(C(C)(C)CNCC(C)N)cc1. The molecule has 19 heavy (non-hydrogen) atoms. The summed E-state index contributed by atoms with van der Waals surface area (Å²) < 4.78 is 0. The van der Waals surface area contributed by atoms with Gasteiger partial charge in [0, 0.05) is 24.5 Å². The lowest BCUT2D eigenvalue weighted by Crippen LogP contribution is -2.38. The number of nitrogens with two attached hydrogens (primary N) is 1. The van der Waals surface area contributed by atoms with Gasteiger partial charge < -0.3 is 11.1 Å². The molecule has 2 unspecified atom stereocenters. The lowest BCUT2D eigenvalue weighted by Gasteiger charge is -2.27. The number of hydrogen-bond acceptors (Lipinski definition) is 2.